The van der Waals surface area contributed by atoms with Crippen molar-refractivity contribution in [3.63, 3.8) is 0 Å². The van der Waals surface area contributed by atoms with Crippen LogP contribution in [0, 0.1) is 0 Å². The molecule has 6 heteroatoms. The van der Waals surface area contributed by atoms with Gasteiger partial charge >= 0.3 is 12.3 Å². The monoisotopic (exact) mass is 211 g/mol. The largest absolute Gasteiger partial charge is 0.467 e. The van der Waals surface area contributed by atoms with Crippen molar-refractivity contribution in [2.45, 2.75) is 18.4 Å². The van der Waals surface area contributed by atoms with Crippen molar-refractivity contribution in [3.8, 4) is 0 Å². The van der Waals surface area contributed by atoms with E-state index in [1.807, 2.05) is 0 Å². The van der Waals surface area contributed by atoms with Crippen LogP contribution in [-0.2, 0) is 0 Å². The van der Waals surface area contributed by atoms with E-state index in [0.29, 0.717) is 0 Å². The van der Waals surface area contributed by atoms with Crippen LogP contribution in [0.2, 0.25) is 0 Å². The predicted octanol–water partition coefficient (Wildman–Crippen LogP) is 2.44. The van der Waals surface area contributed by atoms with Crippen molar-refractivity contribution in [3.05, 3.63) is 24.2 Å². The minimum absolute atomic E-state index is 0.210. The molecular formula is C8H9F4NO. The zero-order chi connectivity index (χ0) is 10.8. The van der Waals surface area contributed by atoms with Crippen molar-refractivity contribution in [2.24, 2.45) is 0 Å². The molecule has 1 N–H and O–H groups in total. The second-order valence-corrected chi connectivity index (χ2v) is 2.71. The predicted molar refractivity (Wildman–Crippen MR) is 41.5 cm³/mol. The summed E-state index contributed by atoms with van der Waals surface area (Å²) in [5.41, 5.74) is 0. The molecule has 0 saturated heterocycles. The molecule has 2 nitrogen and oxygen atoms in total. The van der Waals surface area contributed by atoms with Gasteiger partial charge in [-0.15, -0.1) is 0 Å². The summed E-state index contributed by atoms with van der Waals surface area (Å²) in [5.74, 6) is -4.36. The van der Waals surface area contributed by atoms with Crippen molar-refractivity contribution in [2.75, 3.05) is 7.05 Å². The Kier molecular flexibility index (Phi) is 3.15. The summed E-state index contributed by atoms with van der Waals surface area (Å²) in [7, 11) is 1.17. The molecule has 0 fully saturated rings. The van der Waals surface area contributed by atoms with Crippen LogP contribution in [0.5, 0.6) is 0 Å². The molecule has 1 unspecified atom stereocenters. The molecule has 1 atom stereocenters. The summed E-state index contributed by atoms with van der Waals surface area (Å²) in [6, 6.07) is 0.774. The van der Waals surface area contributed by atoms with Crippen LogP contribution >= 0.6 is 0 Å². The fraction of sp³-hybridized carbons (Fsp3) is 0.500. The summed E-state index contributed by atoms with van der Waals surface area (Å²) in [6.07, 6.45) is -2.58. The molecule has 0 radical (unpaired) electrons. The van der Waals surface area contributed by atoms with E-state index < -0.39 is 18.4 Å². The van der Waals surface area contributed by atoms with Crippen molar-refractivity contribution >= 4 is 0 Å². The molecule has 0 aliphatic carbocycles. The third kappa shape index (κ3) is 1.89. The normalized spacial score (nSPS) is 14.7. The van der Waals surface area contributed by atoms with E-state index >= 15 is 0 Å². The molecule has 0 amide bonds. The summed E-state index contributed by atoms with van der Waals surface area (Å²) < 4.78 is 54.5. The van der Waals surface area contributed by atoms with Crippen LogP contribution in [0.3, 0.4) is 0 Å². The maximum absolute atomic E-state index is 12.9. The first-order valence-electron chi connectivity index (χ1n) is 3.86. The van der Waals surface area contributed by atoms with E-state index in [0.717, 1.165) is 6.26 Å². The minimum atomic E-state index is -4.15. The average molecular weight is 211 g/mol. The first kappa shape index (κ1) is 11.0. The first-order valence-corrected chi connectivity index (χ1v) is 3.86. The molecule has 1 aromatic rings. The van der Waals surface area contributed by atoms with Crippen molar-refractivity contribution in [1.29, 1.82) is 0 Å². The lowest BCUT2D eigenvalue weighted by Gasteiger charge is -2.23. The summed E-state index contributed by atoms with van der Waals surface area (Å²) in [4.78, 5) is 0. The van der Waals surface area contributed by atoms with Gasteiger partial charge < -0.3 is 9.73 Å². The molecule has 0 aliphatic rings. The first-order chi connectivity index (χ1) is 6.50. The highest BCUT2D eigenvalue weighted by Crippen LogP contribution is 2.36. The average Bonchev–Trinajstić information content (AvgIpc) is 2.57. The van der Waals surface area contributed by atoms with Gasteiger partial charge in [0.25, 0.3) is 0 Å². The van der Waals surface area contributed by atoms with Gasteiger partial charge in [-0.05, 0) is 19.2 Å². The number of alkyl halides is 4. The Hall–Kier alpha value is -1.04. The van der Waals surface area contributed by atoms with E-state index in [1.54, 1.807) is 0 Å². The Labute approximate surface area is 77.9 Å². The molecule has 0 aromatic carbocycles. The van der Waals surface area contributed by atoms with Gasteiger partial charge in [-0.25, -0.2) is 8.78 Å². The van der Waals surface area contributed by atoms with E-state index in [2.05, 4.69) is 9.73 Å². The molecule has 0 saturated carbocycles. The summed E-state index contributed by atoms with van der Waals surface area (Å²) in [6.45, 7) is 0. The van der Waals surface area contributed by atoms with Gasteiger partial charge in [0, 0.05) is 0 Å². The van der Waals surface area contributed by atoms with Gasteiger partial charge in [-0.1, -0.05) is 0 Å². The number of nitrogens with one attached hydrogen (secondary N) is 1. The lowest BCUT2D eigenvalue weighted by atomic mass is 10.1. The van der Waals surface area contributed by atoms with Gasteiger partial charge in [-0.2, -0.15) is 8.78 Å². The number of rotatable bonds is 4. The molecule has 0 spiro atoms. The van der Waals surface area contributed by atoms with Crippen LogP contribution in [0.1, 0.15) is 11.8 Å². The fourth-order valence-corrected chi connectivity index (χ4v) is 1.11. The Morgan fingerprint density at radius 2 is 2.07 bits per heavy atom. The Morgan fingerprint density at radius 3 is 2.43 bits per heavy atom. The van der Waals surface area contributed by atoms with Crippen LogP contribution in [-0.4, -0.2) is 19.4 Å². The highest BCUT2D eigenvalue weighted by molar-refractivity contribution is 5.08. The quantitative estimate of drug-likeness (QED) is 0.774. The standard InChI is InChI=1S/C8H9F4NO/c1-13-6(5-3-2-4-14-5)8(11,12)7(9)10/h2-4,6-7,13H,1H3. The Bertz CT molecular complexity index is 273. The minimum Gasteiger partial charge on any atom is -0.467 e. The molecule has 1 aromatic heterocycles. The summed E-state index contributed by atoms with van der Waals surface area (Å²) in [5, 5.41) is 2.10. The second-order valence-electron chi connectivity index (χ2n) is 2.71. The number of hydrogen-bond donors (Lipinski definition) is 1. The van der Waals surface area contributed by atoms with Crippen LogP contribution in [0.4, 0.5) is 17.6 Å². The number of hydrogen-bond acceptors (Lipinski definition) is 2. The molecule has 0 bridgehead atoms. The molecule has 14 heavy (non-hydrogen) atoms. The van der Waals surface area contributed by atoms with Crippen molar-refractivity contribution in [1.82, 2.24) is 5.32 Å². The third-order valence-corrected chi connectivity index (χ3v) is 1.79. The zero-order valence-electron chi connectivity index (χ0n) is 7.31. The molecule has 80 valence electrons. The van der Waals surface area contributed by atoms with Crippen LogP contribution in [0.25, 0.3) is 0 Å². The van der Waals surface area contributed by atoms with Gasteiger partial charge in [0.2, 0.25) is 0 Å². The number of furan rings is 1. The third-order valence-electron chi connectivity index (χ3n) is 1.79. The SMILES string of the molecule is CNC(c1ccco1)C(F)(F)C(F)F. The van der Waals surface area contributed by atoms with Crippen molar-refractivity contribution < 1.29 is 22.0 Å². The van der Waals surface area contributed by atoms with Crippen LogP contribution < -0.4 is 5.32 Å². The van der Waals surface area contributed by atoms with Gasteiger partial charge in [0.15, 0.2) is 0 Å². The maximum atomic E-state index is 12.9. The van der Waals surface area contributed by atoms with E-state index in [9.17, 15) is 17.6 Å². The topological polar surface area (TPSA) is 25.2 Å². The number of halogens is 4. The molecule has 1 heterocycles. The highest BCUT2D eigenvalue weighted by Gasteiger charge is 2.50. The molecular weight excluding hydrogens is 202 g/mol. The van der Waals surface area contributed by atoms with E-state index in [4.69, 9.17) is 0 Å². The van der Waals surface area contributed by atoms with Gasteiger partial charge in [-0.3, -0.25) is 0 Å². The Balaban J connectivity index is 2.92. The lowest BCUT2D eigenvalue weighted by molar-refractivity contribution is -0.153. The van der Waals surface area contributed by atoms with Gasteiger partial charge in [0.05, 0.1) is 6.26 Å². The van der Waals surface area contributed by atoms with E-state index in [-0.39, 0.29) is 5.76 Å². The lowest BCUT2D eigenvalue weighted by Crippen LogP contribution is -2.40. The zero-order valence-corrected chi connectivity index (χ0v) is 7.31. The smallest absolute Gasteiger partial charge is 0.329 e. The fourth-order valence-electron chi connectivity index (χ4n) is 1.11. The van der Waals surface area contributed by atoms with E-state index in [1.165, 1.54) is 19.2 Å². The second kappa shape index (κ2) is 4.00. The Morgan fingerprint density at radius 1 is 1.43 bits per heavy atom. The maximum Gasteiger partial charge on any atom is 0.329 e. The van der Waals surface area contributed by atoms with Gasteiger partial charge in [0.1, 0.15) is 11.8 Å². The highest BCUT2D eigenvalue weighted by atomic mass is 19.3. The molecule has 1 rings (SSSR count). The summed E-state index contributed by atoms with van der Waals surface area (Å²) >= 11 is 0. The molecule has 0 aliphatic heterocycles. The van der Waals surface area contributed by atoms with Crippen LogP contribution in [0.15, 0.2) is 22.8 Å².